The van der Waals surface area contributed by atoms with Gasteiger partial charge in [-0.05, 0) is 50.5 Å². The molecule has 0 aliphatic heterocycles. The van der Waals surface area contributed by atoms with E-state index in [1.807, 2.05) is 20.2 Å². The Labute approximate surface area is 129 Å². The number of anilines is 2. The summed E-state index contributed by atoms with van der Waals surface area (Å²) in [7, 11) is 3.99. The zero-order valence-electron chi connectivity index (χ0n) is 12.6. The lowest BCUT2D eigenvalue weighted by Gasteiger charge is -2.12. The number of nitrogens with zero attached hydrogens (tertiary/aromatic N) is 2. The van der Waals surface area contributed by atoms with Crippen LogP contribution in [0.25, 0.3) is 0 Å². The third kappa shape index (κ3) is 4.82. The van der Waals surface area contributed by atoms with Gasteiger partial charge in [0, 0.05) is 30.7 Å². The molecule has 0 atom stereocenters. The van der Waals surface area contributed by atoms with Crippen molar-refractivity contribution in [3.05, 3.63) is 54.1 Å². The Morgan fingerprint density at radius 2 is 1.91 bits per heavy atom. The first-order valence-corrected chi connectivity index (χ1v) is 6.96. The second kappa shape index (κ2) is 7.51. The predicted octanol–water partition coefficient (Wildman–Crippen LogP) is 2.45. The van der Waals surface area contributed by atoms with Gasteiger partial charge in [0.05, 0.1) is 0 Å². The predicted molar refractivity (Wildman–Crippen MR) is 85.6 cm³/mol. The van der Waals surface area contributed by atoms with Gasteiger partial charge in [0.1, 0.15) is 11.5 Å². The van der Waals surface area contributed by atoms with Gasteiger partial charge in [0.25, 0.3) is 5.91 Å². The van der Waals surface area contributed by atoms with E-state index in [1.165, 1.54) is 24.3 Å². The number of benzene rings is 1. The molecular formula is C16H19FN4O. The molecular weight excluding hydrogens is 283 g/mol. The van der Waals surface area contributed by atoms with Gasteiger partial charge in [-0.25, -0.2) is 4.39 Å². The van der Waals surface area contributed by atoms with Crippen molar-refractivity contribution in [2.75, 3.05) is 37.8 Å². The molecule has 1 aromatic heterocycles. The minimum atomic E-state index is -0.344. The summed E-state index contributed by atoms with van der Waals surface area (Å²) >= 11 is 0. The Hall–Kier alpha value is -2.47. The Bertz CT molecular complexity index is 628. The Morgan fingerprint density at radius 1 is 1.18 bits per heavy atom. The molecule has 1 amide bonds. The van der Waals surface area contributed by atoms with Gasteiger partial charge in [-0.3, -0.25) is 9.78 Å². The summed E-state index contributed by atoms with van der Waals surface area (Å²) in [5.41, 5.74) is 1.67. The highest BCUT2D eigenvalue weighted by atomic mass is 19.1. The van der Waals surface area contributed by atoms with Crippen LogP contribution in [-0.2, 0) is 0 Å². The van der Waals surface area contributed by atoms with Crippen molar-refractivity contribution in [3.63, 3.8) is 0 Å². The van der Waals surface area contributed by atoms with Crippen molar-refractivity contribution in [1.82, 2.24) is 9.88 Å². The molecule has 2 rings (SSSR count). The standard InChI is InChI=1S/C16H19FN4O/c1-21(2)10-9-18-14-7-8-19-15(11-14)16(22)20-13-5-3-12(17)4-6-13/h3-8,11H,9-10H2,1-2H3,(H,18,19)(H,20,22). The van der Waals surface area contributed by atoms with Crippen LogP contribution >= 0.6 is 0 Å². The SMILES string of the molecule is CN(C)CCNc1ccnc(C(=O)Nc2ccc(F)cc2)c1. The van der Waals surface area contributed by atoms with Gasteiger partial charge >= 0.3 is 0 Å². The zero-order valence-corrected chi connectivity index (χ0v) is 12.6. The number of halogens is 1. The summed E-state index contributed by atoms with van der Waals surface area (Å²) in [5.74, 6) is -0.675. The first kappa shape index (κ1) is 15.9. The third-order valence-electron chi connectivity index (χ3n) is 2.98. The van der Waals surface area contributed by atoms with Crippen LogP contribution in [0.15, 0.2) is 42.6 Å². The number of pyridine rings is 1. The number of carbonyl (C=O) groups is 1. The summed E-state index contributed by atoms with van der Waals surface area (Å²) in [6, 6.07) is 9.10. The van der Waals surface area contributed by atoms with Crippen LogP contribution in [0, 0.1) is 5.82 Å². The van der Waals surface area contributed by atoms with E-state index in [0.717, 1.165) is 18.8 Å². The number of carbonyl (C=O) groups excluding carboxylic acids is 1. The van der Waals surface area contributed by atoms with Crippen LogP contribution in [0.4, 0.5) is 15.8 Å². The Morgan fingerprint density at radius 3 is 2.59 bits per heavy atom. The Kier molecular flexibility index (Phi) is 5.43. The van der Waals surface area contributed by atoms with Gasteiger partial charge in [0.2, 0.25) is 0 Å². The quantitative estimate of drug-likeness (QED) is 0.860. The minimum absolute atomic E-state index is 0.305. The van der Waals surface area contributed by atoms with Crippen LogP contribution in [0.2, 0.25) is 0 Å². The summed E-state index contributed by atoms with van der Waals surface area (Å²) in [6.45, 7) is 1.66. The molecule has 2 aromatic rings. The smallest absolute Gasteiger partial charge is 0.274 e. The number of hydrogen-bond acceptors (Lipinski definition) is 4. The number of nitrogens with one attached hydrogen (secondary N) is 2. The highest BCUT2D eigenvalue weighted by Gasteiger charge is 2.08. The topological polar surface area (TPSA) is 57.3 Å². The Balaban J connectivity index is 1.99. The summed E-state index contributed by atoms with van der Waals surface area (Å²) in [5, 5.41) is 5.91. The van der Waals surface area contributed by atoms with E-state index in [9.17, 15) is 9.18 Å². The molecule has 0 spiro atoms. The zero-order chi connectivity index (χ0) is 15.9. The molecule has 0 saturated carbocycles. The van der Waals surface area contributed by atoms with E-state index >= 15 is 0 Å². The largest absolute Gasteiger partial charge is 0.384 e. The van der Waals surface area contributed by atoms with Crippen LogP contribution in [0.3, 0.4) is 0 Å². The second-order valence-electron chi connectivity index (χ2n) is 5.12. The molecule has 22 heavy (non-hydrogen) atoms. The second-order valence-corrected chi connectivity index (χ2v) is 5.12. The van der Waals surface area contributed by atoms with Gasteiger partial charge < -0.3 is 15.5 Å². The highest BCUT2D eigenvalue weighted by Crippen LogP contribution is 2.12. The first-order valence-electron chi connectivity index (χ1n) is 6.96. The van der Waals surface area contributed by atoms with Crippen molar-refractivity contribution in [2.45, 2.75) is 0 Å². The number of amides is 1. The fraction of sp³-hybridized carbons (Fsp3) is 0.250. The average Bonchev–Trinajstić information content (AvgIpc) is 2.49. The molecule has 0 radical (unpaired) electrons. The normalized spacial score (nSPS) is 10.5. The van der Waals surface area contributed by atoms with Gasteiger partial charge in [-0.1, -0.05) is 0 Å². The van der Waals surface area contributed by atoms with Crippen molar-refractivity contribution in [3.8, 4) is 0 Å². The van der Waals surface area contributed by atoms with Crippen LogP contribution in [0.5, 0.6) is 0 Å². The van der Waals surface area contributed by atoms with E-state index in [4.69, 9.17) is 0 Å². The molecule has 0 aliphatic carbocycles. The average molecular weight is 302 g/mol. The molecule has 2 N–H and O–H groups in total. The maximum atomic E-state index is 12.8. The van der Waals surface area contributed by atoms with Crippen molar-refractivity contribution in [1.29, 1.82) is 0 Å². The third-order valence-corrected chi connectivity index (χ3v) is 2.98. The van der Waals surface area contributed by atoms with E-state index in [0.29, 0.717) is 11.4 Å². The molecule has 5 nitrogen and oxygen atoms in total. The lowest BCUT2D eigenvalue weighted by Crippen LogP contribution is -2.21. The highest BCUT2D eigenvalue weighted by molar-refractivity contribution is 6.03. The number of likely N-dealkylation sites (N-methyl/N-ethyl adjacent to an activating group) is 1. The van der Waals surface area contributed by atoms with Crippen molar-refractivity contribution < 1.29 is 9.18 Å². The van der Waals surface area contributed by atoms with Crippen LogP contribution in [-0.4, -0.2) is 43.0 Å². The van der Waals surface area contributed by atoms with Crippen LogP contribution in [0.1, 0.15) is 10.5 Å². The molecule has 0 saturated heterocycles. The number of hydrogen-bond donors (Lipinski definition) is 2. The molecule has 1 aromatic carbocycles. The maximum absolute atomic E-state index is 12.8. The van der Waals surface area contributed by atoms with E-state index in [1.54, 1.807) is 12.3 Å². The monoisotopic (exact) mass is 302 g/mol. The minimum Gasteiger partial charge on any atom is -0.384 e. The molecule has 0 bridgehead atoms. The molecule has 0 aliphatic rings. The van der Waals surface area contributed by atoms with Crippen molar-refractivity contribution in [2.24, 2.45) is 0 Å². The molecule has 6 heteroatoms. The summed E-state index contributed by atoms with van der Waals surface area (Å²) < 4.78 is 12.8. The number of aromatic nitrogens is 1. The van der Waals surface area contributed by atoms with E-state index in [-0.39, 0.29) is 11.7 Å². The fourth-order valence-electron chi connectivity index (χ4n) is 1.82. The number of rotatable bonds is 6. The van der Waals surface area contributed by atoms with Crippen LogP contribution < -0.4 is 10.6 Å². The molecule has 0 fully saturated rings. The van der Waals surface area contributed by atoms with Gasteiger partial charge in [0.15, 0.2) is 0 Å². The molecule has 0 unspecified atom stereocenters. The first-order chi connectivity index (χ1) is 10.5. The lowest BCUT2D eigenvalue weighted by molar-refractivity contribution is 0.102. The van der Waals surface area contributed by atoms with E-state index < -0.39 is 0 Å². The molecule has 116 valence electrons. The van der Waals surface area contributed by atoms with Crippen molar-refractivity contribution >= 4 is 17.3 Å². The van der Waals surface area contributed by atoms with Gasteiger partial charge in [-0.15, -0.1) is 0 Å². The van der Waals surface area contributed by atoms with Gasteiger partial charge in [-0.2, -0.15) is 0 Å². The summed E-state index contributed by atoms with van der Waals surface area (Å²) in [6.07, 6.45) is 1.58. The fourth-order valence-corrected chi connectivity index (χ4v) is 1.82. The lowest BCUT2D eigenvalue weighted by atomic mass is 10.2. The maximum Gasteiger partial charge on any atom is 0.274 e. The summed E-state index contributed by atoms with van der Waals surface area (Å²) in [4.78, 5) is 18.3. The molecule has 1 heterocycles. The van der Waals surface area contributed by atoms with E-state index in [2.05, 4.69) is 20.5 Å².